The molecule has 178 valence electrons. The molecule has 0 spiro atoms. The Balaban J connectivity index is 1.19. The summed E-state index contributed by atoms with van der Waals surface area (Å²) >= 11 is 1.46. The van der Waals surface area contributed by atoms with Gasteiger partial charge in [0.25, 0.3) is 0 Å². The van der Waals surface area contributed by atoms with E-state index in [0.717, 1.165) is 55.9 Å². The third kappa shape index (κ3) is 5.62. The van der Waals surface area contributed by atoms with Gasteiger partial charge in [-0.2, -0.15) is 0 Å². The van der Waals surface area contributed by atoms with Crippen LogP contribution in [0.25, 0.3) is 5.69 Å². The molecule has 7 nitrogen and oxygen atoms in total. The van der Waals surface area contributed by atoms with Crippen molar-refractivity contribution < 1.29 is 4.79 Å². The van der Waals surface area contributed by atoms with Crippen molar-refractivity contribution in [2.45, 2.75) is 43.4 Å². The van der Waals surface area contributed by atoms with Crippen molar-refractivity contribution in [3.8, 4) is 5.69 Å². The number of aromatic nitrogens is 3. The van der Waals surface area contributed by atoms with Gasteiger partial charge in [-0.05, 0) is 43.4 Å². The van der Waals surface area contributed by atoms with Crippen LogP contribution in [0.15, 0.2) is 65.8 Å². The lowest BCUT2D eigenvalue weighted by molar-refractivity contribution is -0.119. The van der Waals surface area contributed by atoms with E-state index in [1.807, 2.05) is 24.3 Å². The monoisotopic (exact) mass is 476 g/mol. The van der Waals surface area contributed by atoms with Gasteiger partial charge < -0.3 is 10.2 Å². The van der Waals surface area contributed by atoms with Crippen LogP contribution in [0.4, 0.5) is 5.95 Å². The van der Waals surface area contributed by atoms with Crippen molar-refractivity contribution in [3.63, 3.8) is 0 Å². The highest BCUT2D eigenvalue weighted by atomic mass is 32.2. The van der Waals surface area contributed by atoms with E-state index >= 15 is 0 Å². The fraction of sp³-hybridized carbons (Fsp3) is 0.423. The summed E-state index contributed by atoms with van der Waals surface area (Å²) in [6, 6.07) is 20.9. The summed E-state index contributed by atoms with van der Waals surface area (Å²) in [6.07, 6.45) is 4.61. The van der Waals surface area contributed by atoms with E-state index in [9.17, 15) is 4.79 Å². The van der Waals surface area contributed by atoms with E-state index in [1.54, 1.807) is 0 Å². The fourth-order valence-electron chi connectivity index (χ4n) is 4.79. The van der Waals surface area contributed by atoms with Gasteiger partial charge in [-0.25, -0.2) is 0 Å². The molecule has 8 heteroatoms. The summed E-state index contributed by atoms with van der Waals surface area (Å²) in [5.41, 5.74) is 2.35. The largest absolute Gasteiger partial charge is 0.351 e. The lowest BCUT2D eigenvalue weighted by atomic mass is 10.1. The number of rotatable bonds is 8. The number of nitrogens with zero attached hydrogens (tertiary/aromatic N) is 5. The Bertz CT molecular complexity index is 1070. The average Bonchev–Trinajstić information content (AvgIpc) is 3.51. The second-order valence-electron chi connectivity index (χ2n) is 9.06. The van der Waals surface area contributed by atoms with Gasteiger partial charge in [0, 0.05) is 38.8 Å². The van der Waals surface area contributed by atoms with Crippen molar-refractivity contribution >= 4 is 23.6 Å². The standard InChI is InChI=1S/C26H32N6OS/c33-24(27-22-14-17-30(19-22)18-21-10-4-1-5-11-21)20-34-26-29-28-25(31-15-8-3-9-16-31)32(26)23-12-6-2-7-13-23/h1-2,4-7,10-13,22H,3,8-9,14-20H2,(H,27,33). The van der Waals surface area contributed by atoms with Crippen molar-refractivity contribution in [1.29, 1.82) is 0 Å². The molecule has 0 radical (unpaired) electrons. The molecule has 5 rings (SSSR count). The van der Waals surface area contributed by atoms with Crippen LogP contribution < -0.4 is 10.2 Å². The molecule has 1 N–H and O–H groups in total. The van der Waals surface area contributed by atoms with E-state index in [-0.39, 0.29) is 11.9 Å². The Morgan fingerprint density at radius 1 is 0.941 bits per heavy atom. The Kier molecular flexibility index (Phi) is 7.46. The molecule has 3 aromatic rings. The van der Waals surface area contributed by atoms with Gasteiger partial charge in [0.1, 0.15) is 0 Å². The molecular formula is C26H32N6OS. The number of benzene rings is 2. The van der Waals surface area contributed by atoms with Crippen LogP contribution in [0, 0.1) is 0 Å². The van der Waals surface area contributed by atoms with Gasteiger partial charge in [0.2, 0.25) is 11.9 Å². The highest BCUT2D eigenvalue weighted by molar-refractivity contribution is 7.99. The van der Waals surface area contributed by atoms with E-state index in [4.69, 9.17) is 0 Å². The Morgan fingerprint density at radius 2 is 1.68 bits per heavy atom. The number of anilines is 1. The number of carbonyl (C=O) groups is 1. The van der Waals surface area contributed by atoms with Gasteiger partial charge in [-0.1, -0.05) is 60.3 Å². The maximum Gasteiger partial charge on any atom is 0.232 e. The minimum Gasteiger partial charge on any atom is -0.351 e. The van der Waals surface area contributed by atoms with Crippen molar-refractivity contribution in [1.82, 2.24) is 25.0 Å². The zero-order valence-corrected chi connectivity index (χ0v) is 20.3. The molecule has 1 atom stereocenters. The van der Waals surface area contributed by atoms with Crippen LogP contribution in [0.5, 0.6) is 0 Å². The summed E-state index contributed by atoms with van der Waals surface area (Å²) in [6.45, 7) is 4.83. The molecule has 2 saturated heterocycles. The van der Waals surface area contributed by atoms with E-state index < -0.39 is 0 Å². The second kappa shape index (κ2) is 11.1. The molecule has 0 aliphatic carbocycles. The number of carbonyl (C=O) groups excluding carboxylic acids is 1. The smallest absolute Gasteiger partial charge is 0.232 e. The molecule has 2 aliphatic rings. The molecular weight excluding hydrogens is 444 g/mol. The fourth-order valence-corrected chi connectivity index (χ4v) is 5.55. The zero-order valence-electron chi connectivity index (χ0n) is 19.5. The zero-order chi connectivity index (χ0) is 23.2. The molecule has 2 aliphatic heterocycles. The first-order valence-corrected chi connectivity index (χ1v) is 13.2. The van der Waals surface area contributed by atoms with Crippen molar-refractivity contribution in [2.75, 3.05) is 36.8 Å². The predicted molar refractivity (Wildman–Crippen MR) is 136 cm³/mol. The first-order valence-electron chi connectivity index (χ1n) is 12.2. The summed E-state index contributed by atoms with van der Waals surface area (Å²) in [5.74, 6) is 1.26. The number of piperidine rings is 1. The minimum absolute atomic E-state index is 0.0543. The summed E-state index contributed by atoms with van der Waals surface area (Å²) < 4.78 is 2.10. The quantitative estimate of drug-likeness (QED) is 0.500. The van der Waals surface area contributed by atoms with Crippen molar-refractivity contribution in [2.24, 2.45) is 0 Å². The van der Waals surface area contributed by atoms with Gasteiger partial charge in [-0.15, -0.1) is 10.2 Å². The number of likely N-dealkylation sites (tertiary alicyclic amines) is 1. The maximum absolute atomic E-state index is 12.8. The third-order valence-corrected chi connectivity index (χ3v) is 7.42. The van der Waals surface area contributed by atoms with Gasteiger partial charge in [0.05, 0.1) is 11.4 Å². The maximum atomic E-state index is 12.8. The predicted octanol–water partition coefficient (Wildman–Crippen LogP) is 3.74. The molecule has 1 amide bonds. The molecule has 0 bridgehead atoms. The van der Waals surface area contributed by atoms with Crippen LogP contribution in [-0.2, 0) is 11.3 Å². The highest BCUT2D eigenvalue weighted by Crippen LogP contribution is 2.28. The highest BCUT2D eigenvalue weighted by Gasteiger charge is 2.25. The van der Waals surface area contributed by atoms with Crippen LogP contribution in [0.1, 0.15) is 31.2 Å². The number of hydrogen-bond donors (Lipinski definition) is 1. The molecule has 3 heterocycles. The SMILES string of the molecule is O=C(CSc1nnc(N2CCCCC2)n1-c1ccccc1)NC1CCN(Cc2ccccc2)C1. The Hall–Kier alpha value is -2.84. The summed E-state index contributed by atoms with van der Waals surface area (Å²) in [7, 11) is 0. The lowest BCUT2D eigenvalue weighted by Crippen LogP contribution is -2.38. The number of nitrogens with one attached hydrogen (secondary N) is 1. The van der Waals surface area contributed by atoms with Crippen molar-refractivity contribution in [3.05, 3.63) is 66.2 Å². The molecule has 1 unspecified atom stereocenters. The second-order valence-corrected chi connectivity index (χ2v) is 10.0. The number of hydrogen-bond acceptors (Lipinski definition) is 6. The van der Waals surface area contributed by atoms with Crippen LogP contribution in [0.3, 0.4) is 0 Å². The number of thioether (sulfide) groups is 1. The summed E-state index contributed by atoms with van der Waals surface area (Å²) in [5, 5.41) is 13.0. The molecule has 2 aromatic carbocycles. The average molecular weight is 477 g/mol. The first kappa shape index (κ1) is 22.9. The van der Waals surface area contributed by atoms with E-state index in [0.29, 0.717) is 5.75 Å². The molecule has 2 fully saturated rings. The summed E-state index contributed by atoms with van der Waals surface area (Å²) in [4.78, 5) is 17.5. The topological polar surface area (TPSA) is 66.3 Å². The van der Waals surface area contributed by atoms with Crippen LogP contribution in [-0.4, -0.2) is 63.5 Å². The Labute approximate surface area is 205 Å². The molecule has 0 saturated carbocycles. The third-order valence-electron chi connectivity index (χ3n) is 6.49. The van der Waals surface area contributed by atoms with Crippen LogP contribution >= 0.6 is 11.8 Å². The normalized spacial score (nSPS) is 18.8. The molecule has 1 aromatic heterocycles. The Morgan fingerprint density at radius 3 is 2.44 bits per heavy atom. The van der Waals surface area contributed by atoms with Gasteiger partial charge in [-0.3, -0.25) is 14.3 Å². The molecule has 34 heavy (non-hydrogen) atoms. The lowest BCUT2D eigenvalue weighted by Gasteiger charge is -2.27. The van der Waals surface area contributed by atoms with Gasteiger partial charge >= 0.3 is 0 Å². The van der Waals surface area contributed by atoms with E-state index in [1.165, 1.54) is 36.6 Å². The van der Waals surface area contributed by atoms with Gasteiger partial charge in [0.15, 0.2) is 5.16 Å². The number of para-hydroxylation sites is 1. The van der Waals surface area contributed by atoms with Crippen LogP contribution in [0.2, 0.25) is 0 Å². The first-order chi connectivity index (χ1) is 16.8. The minimum atomic E-state index is 0.0543. The number of amides is 1. The van der Waals surface area contributed by atoms with E-state index in [2.05, 4.69) is 66.3 Å².